The number of halogens is 1. The highest BCUT2D eigenvalue weighted by atomic mass is 19.1. The Labute approximate surface area is 94.0 Å². The second-order valence-electron chi connectivity index (χ2n) is 3.86. The standard InChI is InChI=1S/C10H18FN3O2/c1-7(12)14-6-4-8(11)3-5-10(2,13)9(15)16/h4H,3,5-6,13H2,1-2H3,(H2,12,14)(H,15,16). The highest BCUT2D eigenvalue weighted by molar-refractivity contribution is 5.78. The summed E-state index contributed by atoms with van der Waals surface area (Å²) in [5.41, 5.74) is 9.30. The van der Waals surface area contributed by atoms with Crippen LogP contribution in [0.25, 0.3) is 0 Å². The van der Waals surface area contributed by atoms with Crippen molar-refractivity contribution >= 4 is 11.8 Å². The molecule has 5 nitrogen and oxygen atoms in total. The average Bonchev–Trinajstić information content (AvgIpc) is 2.14. The monoisotopic (exact) mass is 231 g/mol. The molecule has 92 valence electrons. The van der Waals surface area contributed by atoms with E-state index in [0.29, 0.717) is 5.84 Å². The van der Waals surface area contributed by atoms with Crippen LogP contribution in [0.4, 0.5) is 4.39 Å². The third-order valence-electron chi connectivity index (χ3n) is 2.03. The highest BCUT2D eigenvalue weighted by Gasteiger charge is 2.27. The molecule has 5 N–H and O–H groups in total. The number of aliphatic carboxylic acids is 1. The van der Waals surface area contributed by atoms with Gasteiger partial charge in [0, 0.05) is 6.42 Å². The number of carbonyl (C=O) groups is 1. The largest absolute Gasteiger partial charge is 0.480 e. The van der Waals surface area contributed by atoms with Crippen LogP contribution in [0.5, 0.6) is 0 Å². The van der Waals surface area contributed by atoms with Crippen molar-refractivity contribution in [1.29, 1.82) is 0 Å². The van der Waals surface area contributed by atoms with Crippen molar-refractivity contribution < 1.29 is 14.3 Å². The fraction of sp³-hybridized carbons (Fsp3) is 0.600. The zero-order valence-corrected chi connectivity index (χ0v) is 9.53. The number of nitrogens with zero attached hydrogens (tertiary/aromatic N) is 1. The van der Waals surface area contributed by atoms with E-state index >= 15 is 0 Å². The lowest BCUT2D eigenvalue weighted by Crippen LogP contribution is -2.44. The summed E-state index contributed by atoms with van der Waals surface area (Å²) in [4.78, 5) is 14.4. The lowest BCUT2D eigenvalue weighted by atomic mass is 9.97. The molecule has 0 saturated carbocycles. The van der Waals surface area contributed by atoms with Crippen LogP contribution >= 0.6 is 0 Å². The van der Waals surface area contributed by atoms with Crippen LogP contribution in [-0.4, -0.2) is 29.0 Å². The molecule has 0 aromatic heterocycles. The minimum atomic E-state index is -1.40. The summed E-state index contributed by atoms with van der Waals surface area (Å²) >= 11 is 0. The minimum Gasteiger partial charge on any atom is -0.480 e. The molecule has 0 radical (unpaired) electrons. The van der Waals surface area contributed by atoms with Gasteiger partial charge in [-0.3, -0.25) is 9.79 Å². The van der Waals surface area contributed by atoms with E-state index in [1.165, 1.54) is 13.0 Å². The number of hydrogen-bond donors (Lipinski definition) is 3. The fourth-order valence-electron chi connectivity index (χ4n) is 0.877. The lowest BCUT2D eigenvalue weighted by molar-refractivity contribution is -0.142. The van der Waals surface area contributed by atoms with Gasteiger partial charge in [0.05, 0.1) is 18.2 Å². The van der Waals surface area contributed by atoms with E-state index in [1.807, 2.05) is 0 Å². The Balaban J connectivity index is 4.12. The molecule has 6 heteroatoms. The summed E-state index contributed by atoms with van der Waals surface area (Å²) in [5, 5.41) is 8.70. The van der Waals surface area contributed by atoms with Crippen molar-refractivity contribution in [2.45, 2.75) is 32.2 Å². The number of nitrogens with two attached hydrogens (primary N) is 2. The van der Waals surface area contributed by atoms with Crippen LogP contribution in [0.3, 0.4) is 0 Å². The predicted molar refractivity (Wildman–Crippen MR) is 60.8 cm³/mol. The third kappa shape index (κ3) is 6.13. The van der Waals surface area contributed by atoms with E-state index in [1.54, 1.807) is 6.92 Å². The van der Waals surface area contributed by atoms with Crippen molar-refractivity contribution in [3.8, 4) is 0 Å². The van der Waals surface area contributed by atoms with Gasteiger partial charge in [-0.1, -0.05) is 0 Å². The first-order valence-corrected chi connectivity index (χ1v) is 4.89. The first-order valence-electron chi connectivity index (χ1n) is 4.89. The molecule has 0 aliphatic carbocycles. The summed E-state index contributed by atoms with van der Waals surface area (Å²) in [5.74, 6) is -1.20. The van der Waals surface area contributed by atoms with Crippen molar-refractivity contribution in [2.24, 2.45) is 16.5 Å². The smallest absolute Gasteiger partial charge is 0.323 e. The molecule has 1 unspecified atom stereocenters. The molecule has 0 aliphatic rings. The van der Waals surface area contributed by atoms with Gasteiger partial charge < -0.3 is 16.6 Å². The maximum Gasteiger partial charge on any atom is 0.323 e. The second kappa shape index (κ2) is 6.22. The molecule has 0 bridgehead atoms. The third-order valence-corrected chi connectivity index (χ3v) is 2.03. The SMILES string of the molecule is CC(N)=NCC=C(F)CCC(C)(N)C(=O)O. The van der Waals surface area contributed by atoms with Crippen molar-refractivity contribution in [3.05, 3.63) is 11.9 Å². The van der Waals surface area contributed by atoms with Crippen LogP contribution in [0.2, 0.25) is 0 Å². The van der Waals surface area contributed by atoms with Gasteiger partial charge in [-0.05, 0) is 26.3 Å². The molecule has 0 aromatic rings. The van der Waals surface area contributed by atoms with Crippen LogP contribution in [0.1, 0.15) is 26.7 Å². The molecule has 0 aromatic carbocycles. The Kier molecular flexibility index (Phi) is 5.66. The van der Waals surface area contributed by atoms with Crippen LogP contribution in [-0.2, 0) is 4.79 Å². The molecular weight excluding hydrogens is 213 g/mol. The Bertz CT molecular complexity index is 307. The Hall–Kier alpha value is -1.43. The Morgan fingerprint density at radius 2 is 2.19 bits per heavy atom. The number of allylic oxidation sites excluding steroid dienone is 1. The van der Waals surface area contributed by atoms with Crippen LogP contribution < -0.4 is 11.5 Å². The van der Waals surface area contributed by atoms with Gasteiger partial charge in [0.15, 0.2) is 0 Å². The maximum absolute atomic E-state index is 13.1. The van der Waals surface area contributed by atoms with E-state index in [-0.39, 0.29) is 19.4 Å². The first kappa shape index (κ1) is 14.6. The molecule has 0 amide bonds. The van der Waals surface area contributed by atoms with Gasteiger partial charge in [0.1, 0.15) is 5.54 Å². The molecule has 1 atom stereocenters. The topological polar surface area (TPSA) is 102 Å². The van der Waals surface area contributed by atoms with E-state index in [4.69, 9.17) is 16.6 Å². The maximum atomic E-state index is 13.1. The summed E-state index contributed by atoms with van der Waals surface area (Å²) in [7, 11) is 0. The molecule has 0 spiro atoms. The van der Waals surface area contributed by atoms with Crippen molar-refractivity contribution in [2.75, 3.05) is 6.54 Å². The van der Waals surface area contributed by atoms with Crippen molar-refractivity contribution in [1.82, 2.24) is 0 Å². The summed E-state index contributed by atoms with van der Waals surface area (Å²) in [6.45, 7) is 3.11. The van der Waals surface area contributed by atoms with Crippen LogP contribution in [0.15, 0.2) is 16.9 Å². The number of amidine groups is 1. The number of carboxylic acids is 1. The normalized spacial score (nSPS) is 17.0. The fourth-order valence-corrected chi connectivity index (χ4v) is 0.877. The zero-order valence-electron chi connectivity index (χ0n) is 9.53. The summed E-state index contributed by atoms with van der Waals surface area (Å²) < 4.78 is 13.1. The van der Waals surface area contributed by atoms with Gasteiger partial charge in [0.25, 0.3) is 0 Å². The molecule has 0 aliphatic heterocycles. The minimum absolute atomic E-state index is 0.0154. The number of rotatable bonds is 6. The quantitative estimate of drug-likeness (QED) is 0.464. The zero-order chi connectivity index (χ0) is 12.8. The highest BCUT2D eigenvalue weighted by Crippen LogP contribution is 2.15. The van der Waals surface area contributed by atoms with Gasteiger partial charge in [-0.25, -0.2) is 4.39 Å². The molecule has 0 saturated heterocycles. The lowest BCUT2D eigenvalue weighted by Gasteiger charge is -2.17. The van der Waals surface area contributed by atoms with Crippen LogP contribution in [0, 0.1) is 0 Å². The summed E-state index contributed by atoms with van der Waals surface area (Å²) in [6, 6.07) is 0. The number of aliphatic imine (C=N–C) groups is 1. The van der Waals surface area contributed by atoms with Gasteiger partial charge in [-0.2, -0.15) is 0 Å². The Morgan fingerprint density at radius 1 is 1.62 bits per heavy atom. The molecule has 16 heavy (non-hydrogen) atoms. The summed E-state index contributed by atoms with van der Waals surface area (Å²) in [6.07, 6.45) is 1.28. The average molecular weight is 231 g/mol. The van der Waals surface area contributed by atoms with E-state index in [9.17, 15) is 9.18 Å². The van der Waals surface area contributed by atoms with Gasteiger partial charge in [-0.15, -0.1) is 0 Å². The van der Waals surface area contributed by atoms with Gasteiger partial charge >= 0.3 is 5.97 Å². The van der Waals surface area contributed by atoms with E-state index in [0.717, 1.165) is 0 Å². The second-order valence-corrected chi connectivity index (χ2v) is 3.86. The molecular formula is C10H18FN3O2. The Morgan fingerprint density at radius 3 is 2.62 bits per heavy atom. The van der Waals surface area contributed by atoms with E-state index in [2.05, 4.69) is 4.99 Å². The molecule has 0 rings (SSSR count). The first-order chi connectivity index (χ1) is 7.25. The predicted octanol–water partition coefficient (Wildman–Crippen LogP) is 0.799. The van der Waals surface area contributed by atoms with E-state index < -0.39 is 17.3 Å². The molecule has 0 fully saturated rings. The van der Waals surface area contributed by atoms with Gasteiger partial charge in [0.2, 0.25) is 0 Å². The van der Waals surface area contributed by atoms with Crippen molar-refractivity contribution in [3.63, 3.8) is 0 Å². The number of hydrogen-bond acceptors (Lipinski definition) is 3. The molecule has 0 heterocycles. The number of carboxylic acid groups (broad SMARTS) is 1.